The number of hydrogen-bond donors (Lipinski definition) is 0. The molecule has 0 saturated carbocycles. The molecule has 0 rings (SSSR count). The predicted molar refractivity (Wildman–Crippen MR) is 32.9 cm³/mol. The van der Waals surface area contributed by atoms with E-state index in [-0.39, 0.29) is 0 Å². The normalized spacial score (nSPS) is 9.43. The van der Waals surface area contributed by atoms with Gasteiger partial charge in [0.2, 0.25) is 0 Å². The van der Waals surface area contributed by atoms with Crippen LogP contribution in [-0.4, -0.2) is 33.8 Å². The van der Waals surface area contributed by atoms with Gasteiger partial charge in [0.25, 0.3) is 0 Å². The van der Waals surface area contributed by atoms with Gasteiger partial charge in [0.1, 0.15) is 0 Å². The third-order valence-corrected chi connectivity index (χ3v) is 1.43. The van der Waals surface area contributed by atoms with E-state index in [1.807, 2.05) is 0 Å². The Bertz CT molecular complexity index is 27.3. The molecule has 0 amide bonds. The second kappa shape index (κ2) is 6.76. The second-order valence-electron chi connectivity index (χ2n) is 1.43. The summed E-state index contributed by atoms with van der Waals surface area (Å²) in [5.74, 6) is 0. The van der Waals surface area contributed by atoms with Gasteiger partial charge in [-0.2, -0.15) is 0 Å². The van der Waals surface area contributed by atoms with Crippen LogP contribution in [0.3, 0.4) is 0 Å². The Labute approximate surface area is 58.5 Å². The molecule has 2 heteroatoms. The fourth-order valence-electron chi connectivity index (χ4n) is 0.330. The molecule has 2 radical (unpaired) electrons. The van der Waals surface area contributed by atoms with Crippen LogP contribution in [0, 0.1) is 0 Å². The topological polar surface area (TPSA) is 9.23 Å². The van der Waals surface area contributed by atoms with Crippen LogP contribution in [0.25, 0.3) is 0 Å². The van der Waals surface area contributed by atoms with Crippen molar-refractivity contribution < 1.29 is 4.74 Å². The van der Waals surface area contributed by atoms with Crippen LogP contribution in [0.2, 0.25) is 0 Å². The molecule has 7 heavy (non-hydrogen) atoms. The van der Waals surface area contributed by atoms with Crippen LogP contribution in [0.15, 0.2) is 0 Å². The number of unbranched alkanes of at least 4 members (excludes halogenated alkanes) is 1. The zero-order chi connectivity index (χ0) is 5.54. The Morgan fingerprint density at radius 1 is 1.57 bits per heavy atom. The first-order valence-corrected chi connectivity index (χ1v) is 5.02. The van der Waals surface area contributed by atoms with E-state index in [9.17, 15) is 0 Å². The van der Waals surface area contributed by atoms with E-state index in [4.69, 9.17) is 4.74 Å². The fourth-order valence-corrected chi connectivity index (χ4v) is 0.805. The maximum atomic E-state index is 5.13. The standard InChI is InChI=1S/C5H11O.Sn.H/c1-3-4-5-6-2;;/h2-5H2,1H3;;. The Kier molecular flexibility index (Phi) is 7.49. The van der Waals surface area contributed by atoms with Crippen molar-refractivity contribution in [2.45, 2.75) is 19.8 Å². The molecule has 42 valence electrons. The molecule has 0 atom stereocenters. The third kappa shape index (κ3) is 6.76. The van der Waals surface area contributed by atoms with Gasteiger partial charge in [-0.15, -0.1) is 0 Å². The molecule has 0 saturated heterocycles. The number of rotatable bonds is 4. The van der Waals surface area contributed by atoms with Gasteiger partial charge in [-0.25, -0.2) is 0 Å². The summed E-state index contributed by atoms with van der Waals surface area (Å²) in [5, 5.41) is 0. The van der Waals surface area contributed by atoms with Crippen LogP contribution in [0.1, 0.15) is 19.8 Å². The van der Waals surface area contributed by atoms with Crippen LogP contribution in [0.4, 0.5) is 0 Å². The van der Waals surface area contributed by atoms with Crippen LogP contribution >= 0.6 is 0 Å². The average Bonchev–Trinajstić information content (AvgIpc) is 1.69. The van der Waals surface area contributed by atoms with Crippen molar-refractivity contribution in [2.24, 2.45) is 0 Å². The van der Waals surface area contributed by atoms with E-state index in [0.29, 0.717) is 0 Å². The summed E-state index contributed by atoms with van der Waals surface area (Å²) in [6.07, 6.45) is 2.47. The molecular formula is C5H12OSn. The van der Waals surface area contributed by atoms with E-state index in [1.54, 1.807) is 0 Å². The van der Waals surface area contributed by atoms with Crippen molar-refractivity contribution in [1.29, 1.82) is 0 Å². The maximum absolute atomic E-state index is 5.13. The summed E-state index contributed by atoms with van der Waals surface area (Å²) in [6, 6.07) is 0. The van der Waals surface area contributed by atoms with Gasteiger partial charge in [0.05, 0.1) is 0 Å². The summed E-state index contributed by atoms with van der Waals surface area (Å²) in [5.41, 5.74) is 0. The van der Waals surface area contributed by atoms with Crippen molar-refractivity contribution in [1.82, 2.24) is 0 Å². The Morgan fingerprint density at radius 3 is 2.71 bits per heavy atom. The quantitative estimate of drug-likeness (QED) is 0.486. The summed E-state index contributed by atoms with van der Waals surface area (Å²) >= 11 is 1.24. The number of hydrogen-bond acceptors (Lipinski definition) is 1. The molecular weight excluding hydrogens is 195 g/mol. The molecule has 0 N–H and O–H groups in total. The van der Waals surface area contributed by atoms with Crippen LogP contribution in [-0.2, 0) is 4.74 Å². The zero-order valence-electron chi connectivity index (χ0n) is 4.81. The van der Waals surface area contributed by atoms with E-state index in [0.717, 1.165) is 11.2 Å². The minimum absolute atomic E-state index is 0.970. The van der Waals surface area contributed by atoms with Gasteiger partial charge < -0.3 is 0 Å². The van der Waals surface area contributed by atoms with Gasteiger partial charge in [-0.3, -0.25) is 0 Å². The van der Waals surface area contributed by atoms with Crippen molar-refractivity contribution >= 4 is 22.5 Å². The van der Waals surface area contributed by atoms with Crippen molar-refractivity contribution in [3.8, 4) is 0 Å². The van der Waals surface area contributed by atoms with E-state index < -0.39 is 0 Å². The zero-order valence-corrected chi connectivity index (χ0v) is 8.11. The Balaban J connectivity index is 2.45. The first kappa shape index (κ1) is 7.76. The molecule has 0 unspecified atom stereocenters. The van der Waals surface area contributed by atoms with Crippen molar-refractivity contribution in [3.05, 3.63) is 0 Å². The van der Waals surface area contributed by atoms with Gasteiger partial charge in [0, 0.05) is 0 Å². The average molecular weight is 207 g/mol. The SMILES string of the molecule is CCCCO[CH2][SnH]. The summed E-state index contributed by atoms with van der Waals surface area (Å²) in [6.45, 7) is 3.15. The van der Waals surface area contributed by atoms with Gasteiger partial charge >= 0.3 is 58.3 Å². The summed E-state index contributed by atoms with van der Waals surface area (Å²) in [4.78, 5) is 0. The molecule has 0 aliphatic rings. The van der Waals surface area contributed by atoms with Gasteiger partial charge in [-0.05, 0) is 0 Å². The molecule has 0 bridgehead atoms. The monoisotopic (exact) mass is 208 g/mol. The van der Waals surface area contributed by atoms with Crippen molar-refractivity contribution in [2.75, 3.05) is 11.2 Å². The molecule has 1 nitrogen and oxygen atoms in total. The molecule has 0 spiro atoms. The molecule has 0 aromatic rings. The van der Waals surface area contributed by atoms with E-state index in [2.05, 4.69) is 6.92 Å². The number of ether oxygens (including phenoxy) is 1. The molecule has 0 heterocycles. The third-order valence-electron chi connectivity index (χ3n) is 0.760. The van der Waals surface area contributed by atoms with E-state index in [1.165, 1.54) is 35.4 Å². The Hall–Kier alpha value is 0.759. The second-order valence-corrected chi connectivity index (χ2v) is 2.38. The fraction of sp³-hybridized carbons (Fsp3) is 1.00. The predicted octanol–water partition coefficient (Wildman–Crippen LogP) is 0.661. The first-order chi connectivity index (χ1) is 3.41. The molecule has 0 aliphatic heterocycles. The summed E-state index contributed by atoms with van der Waals surface area (Å²) < 4.78 is 6.12. The molecule has 0 aromatic carbocycles. The van der Waals surface area contributed by atoms with E-state index >= 15 is 0 Å². The first-order valence-electron chi connectivity index (χ1n) is 2.69. The Morgan fingerprint density at radius 2 is 2.29 bits per heavy atom. The van der Waals surface area contributed by atoms with Gasteiger partial charge in [-0.1, -0.05) is 0 Å². The molecule has 0 aliphatic carbocycles. The van der Waals surface area contributed by atoms with Crippen molar-refractivity contribution in [3.63, 3.8) is 0 Å². The van der Waals surface area contributed by atoms with Crippen LogP contribution in [0.5, 0.6) is 0 Å². The molecule has 0 fully saturated rings. The minimum atomic E-state index is 0.970. The van der Waals surface area contributed by atoms with Crippen LogP contribution < -0.4 is 0 Å². The van der Waals surface area contributed by atoms with Gasteiger partial charge in [0.15, 0.2) is 0 Å². The summed E-state index contributed by atoms with van der Waals surface area (Å²) in [7, 11) is 0. The molecule has 0 aromatic heterocycles.